The van der Waals surface area contributed by atoms with Gasteiger partial charge < -0.3 is 15.0 Å². The molecule has 1 unspecified atom stereocenters. The van der Waals surface area contributed by atoms with Gasteiger partial charge >= 0.3 is 0 Å². The first-order valence-corrected chi connectivity index (χ1v) is 7.46. The van der Waals surface area contributed by atoms with E-state index in [9.17, 15) is 4.79 Å². The lowest BCUT2D eigenvalue weighted by Crippen LogP contribution is -2.46. The molecule has 116 valence electrons. The second-order valence-corrected chi connectivity index (χ2v) is 5.74. The van der Waals surface area contributed by atoms with E-state index < -0.39 is 0 Å². The molecule has 0 saturated carbocycles. The van der Waals surface area contributed by atoms with Crippen LogP contribution in [0, 0.1) is 5.92 Å². The second-order valence-electron chi connectivity index (χ2n) is 5.74. The van der Waals surface area contributed by atoms with E-state index in [1.807, 2.05) is 36.2 Å². The molecule has 1 fully saturated rings. The van der Waals surface area contributed by atoms with Gasteiger partial charge in [-0.15, -0.1) is 12.4 Å². The molecule has 4 nitrogen and oxygen atoms in total. The lowest BCUT2D eigenvalue weighted by Gasteiger charge is -2.33. The number of rotatable bonds is 3. The van der Waals surface area contributed by atoms with Crippen LogP contribution < -0.4 is 10.1 Å². The standard InChI is InChI=1S/C16H22N2O2.ClH/c1-17-11-12-6-8-18(9-7-12)16(19)15-10-13-4-2-3-5-14(13)20-15;/h2-5,12,15,17H,6-11H2,1H3;1H. The molecule has 1 N–H and O–H groups in total. The Bertz CT molecular complexity index is 462. The Hall–Kier alpha value is -1.26. The fraction of sp³-hybridized carbons (Fsp3) is 0.562. The average molecular weight is 311 g/mol. The Labute approximate surface area is 132 Å². The Morgan fingerprint density at radius 1 is 1.33 bits per heavy atom. The minimum Gasteiger partial charge on any atom is -0.480 e. The third kappa shape index (κ3) is 3.50. The number of hydrogen-bond acceptors (Lipinski definition) is 3. The first-order valence-electron chi connectivity index (χ1n) is 7.46. The van der Waals surface area contributed by atoms with Gasteiger partial charge in [-0.2, -0.15) is 0 Å². The van der Waals surface area contributed by atoms with Crippen LogP contribution in [0.15, 0.2) is 24.3 Å². The number of para-hydroxylation sites is 1. The monoisotopic (exact) mass is 310 g/mol. The summed E-state index contributed by atoms with van der Waals surface area (Å²) in [5.74, 6) is 1.73. The van der Waals surface area contributed by atoms with E-state index in [0.717, 1.165) is 43.8 Å². The van der Waals surface area contributed by atoms with Crippen molar-refractivity contribution in [2.45, 2.75) is 25.4 Å². The zero-order valence-corrected chi connectivity index (χ0v) is 13.2. The van der Waals surface area contributed by atoms with Crippen LogP contribution in [0.3, 0.4) is 0 Å². The number of benzene rings is 1. The number of ether oxygens (including phenoxy) is 1. The lowest BCUT2D eigenvalue weighted by atomic mass is 9.96. The average Bonchev–Trinajstić information content (AvgIpc) is 2.91. The third-order valence-electron chi connectivity index (χ3n) is 4.34. The summed E-state index contributed by atoms with van der Waals surface area (Å²) in [5.41, 5.74) is 1.15. The molecule has 21 heavy (non-hydrogen) atoms. The maximum absolute atomic E-state index is 12.5. The van der Waals surface area contributed by atoms with Crippen molar-refractivity contribution in [3.8, 4) is 5.75 Å². The van der Waals surface area contributed by atoms with Crippen molar-refractivity contribution in [3.63, 3.8) is 0 Å². The zero-order chi connectivity index (χ0) is 13.9. The molecule has 0 spiro atoms. The Morgan fingerprint density at radius 3 is 2.71 bits per heavy atom. The molecule has 5 heteroatoms. The van der Waals surface area contributed by atoms with Crippen LogP contribution in [-0.2, 0) is 11.2 Å². The molecular weight excluding hydrogens is 288 g/mol. The van der Waals surface area contributed by atoms with Crippen LogP contribution in [0.5, 0.6) is 5.75 Å². The van der Waals surface area contributed by atoms with Crippen molar-refractivity contribution in [1.82, 2.24) is 10.2 Å². The maximum atomic E-state index is 12.5. The molecule has 1 saturated heterocycles. The van der Waals surface area contributed by atoms with Crippen LogP contribution in [0.25, 0.3) is 0 Å². The van der Waals surface area contributed by atoms with E-state index in [-0.39, 0.29) is 24.4 Å². The molecule has 1 aromatic carbocycles. The summed E-state index contributed by atoms with van der Waals surface area (Å²) in [6.45, 7) is 2.77. The van der Waals surface area contributed by atoms with Crippen LogP contribution in [0.2, 0.25) is 0 Å². The van der Waals surface area contributed by atoms with Crippen molar-refractivity contribution in [3.05, 3.63) is 29.8 Å². The molecule has 3 rings (SSSR count). The predicted octanol–water partition coefficient (Wildman–Crippen LogP) is 1.87. The van der Waals surface area contributed by atoms with Crippen molar-refractivity contribution in [2.24, 2.45) is 5.92 Å². The Kier molecular flexibility index (Phi) is 5.48. The number of nitrogens with zero attached hydrogens (tertiary/aromatic N) is 1. The number of halogens is 1. The summed E-state index contributed by atoms with van der Waals surface area (Å²) in [5, 5.41) is 3.22. The third-order valence-corrected chi connectivity index (χ3v) is 4.34. The van der Waals surface area contributed by atoms with Gasteiger partial charge in [0.15, 0.2) is 6.10 Å². The number of nitrogens with one attached hydrogen (secondary N) is 1. The van der Waals surface area contributed by atoms with Crippen LogP contribution in [-0.4, -0.2) is 43.6 Å². The highest BCUT2D eigenvalue weighted by molar-refractivity contribution is 5.85. The molecule has 1 amide bonds. The minimum atomic E-state index is -0.312. The Balaban J connectivity index is 0.00000161. The van der Waals surface area contributed by atoms with E-state index in [2.05, 4.69) is 5.32 Å². The van der Waals surface area contributed by atoms with Gasteiger partial charge in [0, 0.05) is 19.5 Å². The lowest BCUT2D eigenvalue weighted by molar-refractivity contribution is -0.139. The van der Waals surface area contributed by atoms with E-state index in [1.54, 1.807) is 0 Å². The minimum absolute atomic E-state index is 0. The summed E-state index contributed by atoms with van der Waals surface area (Å²) < 4.78 is 5.79. The fourth-order valence-corrected chi connectivity index (χ4v) is 3.17. The first-order chi connectivity index (χ1) is 9.78. The van der Waals surface area contributed by atoms with Gasteiger partial charge in [0.25, 0.3) is 5.91 Å². The smallest absolute Gasteiger partial charge is 0.263 e. The van der Waals surface area contributed by atoms with Gasteiger partial charge in [0.2, 0.25) is 0 Å². The van der Waals surface area contributed by atoms with Crippen molar-refractivity contribution >= 4 is 18.3 Å². The SMILES string of the molecule is CNCC1CCN(C(=O)C2Cc3ccccc3O2)CC1.Cl. The fourth-order valence-electron chi connectivity index (χ4n) is 3.17. The van der Waals surface area contributed by atoms with Crippen molar-refractivity contribution < 1.29 is 9.53 Å². The summed E-state index contributed by atoms with van der Waals surface area (Å²) in [7, 11) is 1.99. The second kappa shape index (κ2) is 7.14. The maximum Gasteiger partial charge on any atom is 0.263 e. The molecule has 2 heterocycles. The topological polar surface area (TPSA) is 41.6 Å². The zero-order valence-electron chi connectivity index (χ0n) is 12.4. The molecule has 1 aromatic rings. The van der Waals surface area contributed by atoms with E-state index in [1.165, 1.54) is 0 Å². The summed E-state index contributed by atoms with van der Waals surface area (Å²) in [4.78, 5) is 14.5. The van der Waals surface area contributed by atoms with Crippen LogP contribution in [0.1, 0.15) is 18.4 Å². The van der Waals surface area contributed by atoms with E-state index in [4.69, 9.17) is 4.74 Å². The predicted molar refractivity (Wildman–Crippen MR) is 85.0 cm³/mol. The van der Waals surface area contributed by atoms with Gasteiger partial charge in [-0.05, 0) is 44.0 Å². The number of hydrogen-bond donors (Lipinski definition) is 1. The normalized spacial score (nSPS) is 21.4. The molecule has 0 bridgehead atoms. The number of carbonyl (C=O) groups excluding carboxylic acids is 1. The molecular formula is C16H23ClN2O2. The Morgan fingerprint density at radius 2 is 2.05 bits per heavy atom. The number of amides is 1. The van der Waals surface area contributed by atoms with Gasteiger partial charge in [0.05, 0.1) is 0 Å². The van der Waals surface area contributed by atoms with Gasteiger partial charge in [-0.3, -0.25) is 4.79 Å². The molecule has 0 radical (unpaired) electrons. The van der Waals surface area contributed by atoms with Crippen molar-refractivity contribution in [2.75, 3.05) is 26.7 Å². The number of likely N-dealkylation sites (tertiary alicyclic amines) is 1. The van der Waals surface area contributed by atoms with Gasteiger partial charge in [-0.25, -0.2) is 0 Å². The van der Waals surface area contributed by atoms with Gasteiger partial charge in [-0.1, -0.05) is 18.2 Å². The molecule has 2 aliphatic heterocycles. The molecule has 2 aliphatic rings. The van der Waals surface area contributed by atoms with E-state index >= 15 is 0 Å². The number of carbonyl (C=O) groups is 1. The van der Waals surface area contributed by atoms with Crippen LogP contribution >= 0.6 is 12.4 Å². The molecule has 0 aromatic heterocycles. The largest absolute Gasteiger partial charge is 0.480 e. The van der Waals surface area contributed by atoms with Crippen molar-refractivity contribution in [1.29, 1.82) is 0 Å². The quantitative estimate of drug-likeness (QED) is 0.927. The molecule has 0 aliphatic carbocycles. The van der Waals surface area contributed by atoms with E-state index in [0.29, 0.717) is 12.3 Å². The number of piperidine rings is 1. The van der Waals surface area contributed by atoms with Crippen LogP contribution in [0.4, 0.5) is 0 Å². The summed E-state index contributed by atoms with van der Waals surface area (Å²) >= 11 is 0. The summed E-state index contributed by atoms with van der Waals surface area (Å²) in [6.07, 6.45) is 2.58. The number of fused-ring (bicyclic) bond motifs is 1. The highest BCUT2D eigenvalue weighted by Gasteiger charge is 2.33. The highest BCUT2D eigenvalue weighted by atomic mass is 35.5. The van der Waals surface area contributed by atoms with Gasteiger partial charge in [0.1, 0.15) is 5.75 Å². The summed E-state index contributed by atoms with van der Waals surface area (Å²) in [6, 6.07) is 7.94. The molecule has 1 atom stereocenters. The first kappa shape index (κ1) is 16.1. The highest BCUT2D eigenvalue weighted by Crippen LogP contribution is 2.29.